The van der Waals surface area contributed by atoms with Crippen molar-refractivity contribution in [3.63, 3.8) is 0 Å². The Morgan fingerprint density at radius 3 is 2.81 bits per heavy atom. The summed E-state index contributed by atoms with van der Waals surface area (Å²) in [6, 6.07) is 0. The lowest BCUT2D eigenvalue weighted by molar-refractivity contribution is 0.0680. The van der Waals surface area contributed by atoms with E-state index in [1.165, 1.54) is 12.6 Å². The van der Waals surface area contributed by atoms with Gasteiger partial charge in [-0.1, -0.05) is 0 Å². The fraction of sp³-hybridized carbons (Fsp3) is 0.353. The molecule has 1 fully saturated rings. The largest absolute Gasteiger partial charge is 0.438 e. The molecule has 4 rings (SSSR count). The van der Waals surface area contributed by atoms with E-state index in [0.717, 1.165) is 35.2 Å². The van der Waals surface area contributed by atoms with Gasteiger partial charge in [0.1, 0.15) is 0 Å². The summed E-state index contributed by atoms with van der Waals surface area (Å²) in [7, 11) is 0. The van der Waals surface area contributed by atoms with Crippen molar-refractivity contribution in [2.75, 3.05) is 18.4 Å². The summed E-state index contributed by atoms with van der Waals surface area (Å²) >= 11 is 1.54. The van der Waals surface area contributed by atoms with Crippen molar-refractivity contribution in [3.05, 3.63) is 47.5 Å². The molecule has 26 heavy (non-hydrogen) atoms. The van der Waals surface area contributed by atoms with Crippen molar-refractivity contribution in [3.8, 4) is 0 Å². The standard InChI is InChI=1S/C17H18N6O2S/c1-11-9-26-17(21-11)22-15-14(19-4-5-20-15)12-2-6-23(7-3-12)16(24)13-8-18-10-25-13/h4-5,8-10,12H,2-3,6-7H2,1H3,(H,20,21,22). The molecule has 1 saturated heterocycles. The second kappa shape index (κ2) is 7.20. The number of aryl methyl sites for hydroxylation is 1. The number of anilines is 2. The number of rotatable bonds is 4. The quantitative estimate of drug-likeness (QED) is 0.754. The van der Waals surface area contributed by atoms with Crippen molar-refractivity contribution < 1.29 is 9.21 Å². The number of nitrogens with one attached hydrogen (secondary N) is 1. The number of oxazole rings is 1. The van der Waals surface area contributed by atoms with E-state index in [9.17, 15) is 4.79 Å². The summed E-state index contributed by atoms with van der Waals surface area (Å²) in [6.45, 7) is 3.26. The van der Waals surface area contributed by atoms with Gasteiger partial charge in [0.05, 0.1) is 17.6 Å². The Kier molecular flexibility index (Phi) is 4.61. The Bertz CT molecular complexity index is 886. The summed E-state index contributed by atoms with van der Waals surface area (Å²) in [6.07, 6.45) is 7.76. The molecule has 1 N–H and O–H groups in total. The highest BCUT2D eigenvalue weighted by atomic mass is 32.1. The molecule has 9 heteroatoms. The number of carbonyl (C=O) groups is 1. The molecule has 3 aromatic heterocycles. The third-order valence-corrected chi connectivity index (χ3v) is 5.26. The van der Waals surface area contributed by atoms with E-state index in [1.807, 2.05) is 12.3 Å². The minimum atomic E-state index is -0.114. The van der Waals surface area contributed by atoms with Gasteiger partial charge < -0.3 is 14.6 Å². The average Bonchev–Trinajstić information content (AvgIpc) is 3.34. The van der Waals surface area contributed by atoms with Crippen LogP contribution in [-0.2, 0) is 0 Å². The van der Waals surface area contributed by atoms with Crippen LogP contribution in [0, 0.1) is 6.92 Å². The van der Waals surface area contributed by atoms with Gasteiger partial charge in [-0.25, -0.2) is 15.0 Å². The van der Waals surface area contributed by atoms with E-state index in [2.05, 4.69) is 25.3 Å². The summed E-state index contributed by atoms with van der Waals surface area (Å²) in [5, 5.41) is 6.08. The van der Waals surface area contributed by atoms with Crippen LogP contribution in [-0.4, -0.2) is 43.8 Å². The Morgan fingerprint density at radius 1 is 1.31 bits per heavy atom. The molecule has 0 atom stereocenters. The molecule has 8 nitrogen and oxygen atoms in total. The van der Waals surface area contributed by atoms with Gasteiger partial charge in [-0.3, -0.25) is 9.78 Å². The molecule has 0 bridgehead atoms. The number of piperidine rings is 1. The lowest BCUT2D eigenvalue weighted by Crippen LogP contribution is -2.38. The molecule has 0 aromatic carbocycles. The highest BCUT2D eigenvalue weighted by molar-refractivity contribution is 7.13. The van der Waals surface area contributed by atoms with Gasteiger partial charge in [-0.15, -0.1) is 11.3 Å². The number of likely N-dealkylation sites (tertiary alicyclic amines) is 1. The van der Waals surface area contributed by atoms with Crippen LogP contribution in [0.1, 0.15) is 40.7 Å². The number of thiazole rings is 1. The van der Waals surface area contributed by atoms with Crippen molar-refractivity contribution in [2.24, 2.45) is 0 Å². The van der Waals surface area contributed by atoms with E-state index >= 15 is 0 Å². The first-order valence-corrected chi connectivity index (χ1v) is 9.26. The molecule has 0 saturated carbocycles. The second-order valence-electron chi connectivity index (χ2n) is 6.14. The smallest absolute Gasteiger partial charge is 0.291 e. The molecular weight excluding hydrogens is 352 g/mol. The Labute approximate surface area is 154 Å². The molecule has 4 heterocycles. The maximum atomic E-state index is 12.4. The Hall–Kier alpha value is -2.81. The second-order valence-corrected chi connectivity index (χ2v) is 7.00. The Balaban J connectivity index is 1.45. The number of aromatic nitrogens is 4. The van der Waals surface area contributed by atoms with E-state index in [4.69, 9.17) is 4.42 Å². The van der Waals surface area contributed by atoms with Crippen LogP contribution < -0.4 is 5.32 Å². The molecule has 134 valence electrons. The first kappa shape index (κ1) is 16.6. The maximum absolute atomic E-state index is 12.4. The highest BCUT2D eigenvalue weighted by Crippen LogP contribution is 2.32. The Morgan fingerprint density at radius 2 is 2.12 bits per heavy atom. The molecule has 0 aliphatic carbocycles. The zero-order chi connectivity index (χ0) is 17.9. The van der Waals surface area contributed by atoms with Crippen LogP contribution >= 0.6 is 11.3 Å². The van der Waals surface area contributed by atoms with Crippen LogP contribution in [0.4, 0.5) is 10.9 Å². The molecule has 0 spiro atoms. The van der Waals surface area contributed by atoms with E-state index in [0.29, 0.717) is 13.1 Å². The third kappa shape index (κ3) is 3.43. The lowest BCUT2D eigenvalue weighted by Gasteiger charge is -2.31. The van der Waals surface area contributed by atoms with Gasteiger partial charge in [0.15, 0.2) is 17.3 Å². The number of amides is 1. The summed E-state index contributed by atoms with van der Waals surface area (Å²) in [5.74, 6) is 1.15. The summed E-state index contributed by atoms with van der Waals surface area (Å²) in [5.41, 5.74) is 1.90. The molecule has 3 aromatic rings. The molecule has 0 unspecified atom stereocenters. The molecule has 1 amide bonds. The fourth-order valence-corrected chi connectivity index (χ4v) is 3.78. The summed E-state index contributed by atoms with van der Waals surface area (Å²) in [4.78, 5) is 31.4. The predicted molar refractivity (Wildman–Crippen MR) is 96.5 cm³/mol. The van der Waals surface area contributed by atoms with E-state index in [1.54, 1.807) is 28.6 Å². The number of carbonyl (C=O) groups excluding carboxylic acids is 1. The minimum absolute atomic E-state index is 0.114. The van der Waals surface area contributed by atoms with Crippen LogP contribution in [0.25, 0.3) is 0 Å². The first-order chi connectivity index (χ1) is 12.7. The van der Waals surface area contributed by atoms with Crippen LogP contribution in [0.2, 0.25) is 0 Å². The average molecular weight is 370 g/mol. The predicted octanol–water partition coefficient (Wildman–Crippen LogP) is 2.99. The fourth-order valence-electron chi connectivity index (χ4n) is 3.09. The lowest BCUT2D eigenvalue weighted by atomic mass is 9.93. The number of nitrogens with zero attached hydrogens (tertiary/aromatic N) is 5. The van der Waals surface area contributed by atoms with Gasteiger partial charge >= 0.3 is 0 Å². The van der Waals surface area contributed by atoms with Gasteiger partial charge in [0.25, 0.3) is 5.91 Å². The monoisotopic (exact) mass is 370 g/mol. The number of hydrogen-bond acceptors (Lipinski definition) is 8. The number of hydrogen-bond donors (Lipinski definition) is 1. The van der Waals surface area contributed by atoms with E-state index < -0.39 is 0 Å². The molecule has 0 radical (unpaired) electrons. The van der Waals surface area contributed by atoms with Gasteiger partial charge in [-0.05, 0) is 19.8 Å². The SMILES string of the molecule is Cc1csc(Nc2nccnc2C2CCN(C(=O)c3cnco3)CC2)n1. The van der Waals surface area contributed by atoms with Gasteiger partial charge in [0, 0.05) is 36.8 Å². The van der Waals surface area contributed by atoms with Crippen molar-refractivity contribution in [1.82, 2.24) is 24.8 Å². The topological polar surface area (TPSA) is 97.0 Å². The molecule has 1 aliphatic rings. The highest BCUT2D eigenvalue weighted by Gasteiger charge is 2.28. The van der Waals surface area contributed by atoms with Crippen molar-refractivity contribution >= 4 is 28.2 Å². The first-order valence-electron chi connectivity index (χ1n) is 8.38. The van der Waals surface area contributed by atoms with Crippen molar-refractivity contribution in [2.45, 2.75) is 25.7 Å². The normalized spacial score (nSPS) is 15.2. The molecular formula is C17H18N6O2S. The zero-order valence-electron chi connectivity index (χ0n) is 14.3. The van der Waals surface area contributed by atoms with Crippen molar-refractivity contribution in [1.29, 1.82) is 0 Å². The van der Waals surface area contributed by atoms with E-state index in [-0.39, 0.29) is 17.6 Å². The van der Waals surface area contributed by atoms with Crippen LogP contribution in [0.15, 0.2) is 34.8 Å². The maximum Gasteiger partial charge on any atom is 0.291 e. The molecule has 1 aliphatic heterocycles. The van der Waals surface area contributed by atoms with Gasteiger partial charge in [-0.2, -0.15) is 0 Å². The van der Waals surface area contributed by atoms with Crippen LogP contribution in [0.3, 0.4) is 0 Å². The summed E-state index contributed by atoms with van der Waals surface area (Å²) < 4.78 is 5.11. The van der Waals surface area contributed by atoms with Crippen LogP contribution in [0.5, 0.6) is 0 Å². The van der Waals surface area contributed by atoms with Gasteiger partial charge in [0.2, 0.25) is 5.76 Å². The minimum Gasteiger partial charge on any atom is -0.438 e. The zero-order valence-corrected chi connectivity index (χ0v) is 15.1. The third-order valence-electron chi connectivity index (χ3n) is 4.38.